The summed E-state index contributed by atoms with van der Waals surface area (Å²) in [6.07, 6.45) is 1.07. The Bertz CT molecular complexity index is 786. The van der Waals surface area contributed by atoms with Crippen LogP contribution in [0.15, 0.2) is 21.8 Å². The molecule has 2 N–H and O–H groups in total. The van der Waals surface area contributed by atoms with E-state index in [1.54, 1.807) is 0 Å². The van der Waals surface area contributed by atoms with E-state index in [1.165, 1.54) is 18.4 Å². The third-order valence-electron chi connectivity index (χ3n) is 2.66. The van der Waals surface area contributed by atoms with Crippen molar-refractivity contribution in [2.75, 3.05) is 12.4 Å². The highest BCUT2D eigenvalue weighted by molar-refractivity contribution is 7.89. The van der Waals surface area contributed by atoms with E-state index < -0.39 is 15.9 Å². The van der Waals surface area contributed by atoms with Gasteiger partial charge in [-0.15, -0.1) is 10.2 Å². The maximum atomic E-state index is 12.1. The van der Waals surface area contributed by atoms with Crippen molar-refractivity contribution in [1.82, 2.24) is 14.9 Å². The molecule has 2 aromatic rings. The van der Waals surface area contributed by atoms with Crippen LogP contribution in [-0.2, 0) is 15.4 Å². The standard InChI is InChI=1S/C12H16N4O4S2/c1-12(2,3)10-15-16-11(21-10)14-9(17)7-5-8(20-6-7)22(18,19)13-4/h5-6,13H,1-4H3,(H,14,16,17). The molecule has 8 nitrogen and oxygen atoms in total. The molecule has 0 saturated carbocycles. The Morgan fingerprint density at radius 3 is 2.55 bits per heavy atom. The van der Waals surface area contributed by atoms with Gasteiger partial charge in [-0.3, -0.25) is 10.1 Å². The lowest BCUT2D eigenvalue weighted by molar-refractivity contribution is 0.102. The Balaban J connectivity index is 2.15. The molecule has 0 bridgehead atoms. The molecule has 2 heterocycles. The fourth-order valence-corrected chi connectivity index (χ4v) is 2.88. The summed E-state index contributed by atoms with van der Waals surface area (Å²) >= 11 is 1.26. The van der Waals surface area contributed by atoms with Gasteiger partial charge < -0.3 is 4.42 Å². The van der Waals surface area contributed by atoms with Gasteiger partial charge in [0.2, 0.25) is 10.2 Å². The largest absolute Gasteiger partial charge is 0.451 e. The van der Waals surface area contributed by atoms with Crippen molar-refractivity contribution in [1.29, 1.82) is 0 Å². The lowest BCUT2D eigenvalue weighted by atomic mass is 9.98. The van der Waals surface area contributed by atoms with Gasteiger partial charge in [0.1, 0.15) is 11.3 Å². The van der Waals surface area contributed by atoms with Gasteiger partial charge in [0, 0.05) is 11.5 Å². The zero-order valence-corrected chi connectivity index (χ0v) is 14.1. The highest BCUT2D eigenvalue weighted by atomic mass is 32.2. The smallest absolute Gasteiger partial charge is 0.273 e. The molecule has 0 aliphatic carbocycles. The summed E-state index contributed by atoms with van der Waals surface area (Å²) in [6.45, 7) is 5.97. The summed E-state index contributed by atoms with van der Waals surface area (Å²) in [7, 11) is -2.46. The van der Waals surface area contributed by atoms with Crippen molar-refractivity contribution in [2.24, 2.45) is 0 Å². The van der Waals surface area contributed by atoms with Gasteiger partial charge in [-0.25, -0.2) is 13.1 Å². The summed E-state index contributed by atoms with van der Waals surface area (Å²) in [5, 5.41) is 11.3. The van der Waals surface area contributed by atoms with Gasteiger partial charge in [-0.1, -0.05) is 32.1 Å². The molecule has 0 radical (unpaired) electrons. The number of hydrogen-bond acceptors (Lipinski definition) is 7. The summed E-state index contributed by atoms with van der Waals surface area (Å²) in [5.41, 5.74) is -0.0778. The van der Waals surface area contributed by atoms with Gasteiger partial charge in [-0.05, 0) is 7.05 Å². The third-order valence-corrected chi connectivity index (χ3v) is 5.20. The van der Waals surface area contributed by atoms with E-state index in [9.17, 15) is 13.2 Å². The Morgan fingerprint density at radius 1 is 1.32 bits per heavy atom. The molecule has 1 amide bonds. The molecule has 0 aromatic carbocycles. The van der Waals surface area contributed by atoms with Crippen LogP contribution in [0.25, 0.3) is 0 Å². The van der Waals surface area contributed by atoms with E-state index in [0.717, 1.165) is 17.3 Å². The molecule has 0 unspecified atom stereocenters. The second kappa shape index (κ2) is 5.78. The monoisotopic (exact) mass is 344 g/mol. The Kier molecular flexibility index (Phi) is 4.36. The number of anilines is 1. The number of carbonyl (C=O) groups excluding carboxylic acids is 1. The SMILES string of the molecule is CNS(=O)(=O)c1cc(C(=O)Nc2nnc(C(C)(C)C)s2)co1. The quantitative estimate of drug-likeness (QED) is 0.870. The first-order valence-electron chi connectivity index (χ1n) is 6.31. The van der Waals surface area contributed by atoms with Gasteiger partial charge in [0.05, 0.1) is 5.56 Å². The highest BCUT2D eigenvalue weighted by Crippen LogP contribution is 2.28. The molecule has 2 rings (SSSR count). The van der Waals surface area contributed by atoms with E-state index in [-0.39, 0.29) is 16.1 Å². The summed E-state index contributed by atoms with van der Waals surface area (Å²) in [6, 6.07) is 1.15. The van der Waals surface area contributed by atoms with Crippen molar-refractivity contribution in [3.05, 3.63) is 22.9 Å². The van der Waals surface area contributed by atoms with E-state index in [0.29, 0.717) is 5.13 Å². The first-order valence-corrected chi connectivity index (χ1v) is 8.61. The van der Waals surface area contributed by atoms with Gasteiger partial charge in [-0.2, -0.15) is 0 Å². The van der Waals surface area contributed by atoms with E-state index in [2.05, 4.69) is 20.2 Å². The fourth-order valence-electron chi connectivity index (χ4n) is 1.42. The van der Waals surface area contributed by atoms with Crippen LogP contribution >= 0.6 is 11.3 Å². The number of amides is 1. The molecule has 10 heteroatoms. The van der Waals surface area contributed by atoms with Gasteiger partial charge in [0.25, 0.3) is 15.9 Å². The first-order chi connectivity index (χ1) is 10.1. The number of rotatable bonds is 4. The minimum absolute atomic E-state index is 0.0846. The van der Waals surface area contributed by atoms with Crippen LogP contribution < -0.4 is 10.0 Å². The predicted molar refractivity (Wildman–Crippen MR) is 81.5 cm³/mol. The lowest BCUT2D eigenvalue weighted by Crippen LogP contribution is -2.18. The van der Waals surface area contributed by atoms with Crippen molar-refractivity contribution in [2.45, 2.75) is 31.3 Å². The number of nitrogens with zero attached hydrogens (tertiary/aromatic N) is 2. The average Bonchev–Trinajstić information content (AvgIpc) is 3.06. The lowest BCUT2D eigenvalue weighted by Gasteiger charge is -2.12. The number of furan rings is 1. The molecule has 0 aliphatic rings. The molecule has 0 fully saturated rings. The second-order valence-corrected chi connectivity index (χ2v) is 8.27. The van der Waals surface area contributed by atoms with Crippen LogP contribution in [0.3, 0.4) is 0 Å². The van der Waals surface area contributed by atoms with Crippen molar-refractivity contribution < 1.29 is 17.6 Å². The maximum Gasteiger partial charge on any atom is 0.273 e. The molecular weight excluding hydrogens is 328 g/mol. The fraction of sp³-hybridized carbons (Fsp3) is 0.417. The van der Waals surface area contributed by atoms with Gasteiger partial charge >= 0.3 is 0 Å². The highest BCUT2D eigenvalue weighted by Gasteiger charge is 2.22. The van der Waals surface area contributed by atoms with E-state index >= 15 is 0 Å². The Hall–Kier alpha value is -1.78. The van der Waals surface area contributed by atoms with E-state index in [1.807, 2.05) is 20.8 Å². The number of nitrogens with one attached hydrogen (secondary N) is 2. The summed E-state index contributed by atoms with van der Waals surface area (Å²) in [4.78, 5) is 12.1. The molecule has 0 aliphatic heterocycles. The molecule has 0 saturated heterocycles. The van der Waals surface area contributed by atoms with E-state index in [4.69, 9.17) is 4.42 Å². The van der Waals surface area contributed by atoms with Crippen molar-refractivity contribution in [3.8, 4) is 0 Å². The van der Waals surface area contributed by atoms with Crippen LogP contribution in [0.1, 0.15) is 36.1 Å². The minimum Gasteiger partial charge on any atom is -0.451 e. The van der Waals surface area contributed by atoms with Crippen molar-refractivity contribution >= 4 is 32.4 Å². The molecular formula is C12H16N4O4S2. The van der Waals surface area contributed by atoms with Crippen molar-refractivity contribution in [3.63, 3.8) is 0 Å². The maximum absolute atomic E-state index is 12.1. The van der Waals surface area contributed by atoms with Crippen LogP contribution in [0, 0.1) is 0 Å². The summed E-state index contributed by atoms with van der Waals surface area (Å²) < 4.78 is 30.1. The predicted octanol–water partition coefficient (Wildman–Crippen LogP) is 1.59. The van der Waals surface area contributed by atoms with Crippen LogP contribution in [0.4, 0.5) is 5.13 Å². The molecule has 0 spiro atoms. The molecule has 0 atom stereocenters. The topological polar surface area (TPSA) is 114 Å². The van der Waals surface area contributed by atoms with Crippen LogP contribution in [0.2, 0.25) is 0 Å². The minimum atomic E-state index is -3.72. The number of aromatic nitrogens is 2. The second-order valence-electron chi connectivity index (χ2n) is 5.48. The number of hydrogen-bond donors (Lipinski definition) is 2. The number of carbonyl (C=O) groups is 1. The zero-order valence-electron chi connectivity index (χ0n) is 12.5. The van der Waals surface area contributed by atoms with Crippen LogP contribution in [0.5, 0.6) is 0 Å². The van der Waals surface area contributed by atoms with Crippen LogP contribution in [-0.4, -0.2) is 31.6 Å². The Labute approximate surface area is 132 Å². The first kappa shape index (κ1) is 16.6. The Morgan fingerprint density at radius 2 is 2.00 bits per heavy atom. The average molecular weight is 344 g/mol. The normalized spacial score (nSPS) is 12.4. The summed E-state index contributed by atoms with van der Waals surface area (Å²) in [5.74, 6) is -0.516. The molecule has 22 heavy (non-hydrogen) atoms. The third kappa shape index (κ3) is 3.51. The number of sulfonamides is 1. The molecule has 2 aromatic heterocycles. The zero-order chi connectivity index (χ0) is 16.5. The molecule has 120 valence electrons. The van der Waals surface area contributed by atoms with Gasteiger partial charge in [0.15, 0.2) is 0 Å².